The quantitative estimate of drug-likeness (QED) is 0.184. The summed E-state index contributed by atoms with van der Waals surface area (Å²) in [5, 5.41) is 4.71. The third-order valence-corrected chi connectivity index (χ3v) is 10.9. The lowest BCUT2D eigenvalue weighted by atomic mass is 9.82. The average Bonchev–Trinajstić information content (AvgIpc) is 3.67. The van der Waals surface area contributed by atoms with Gasteiger partial charge in [-0.1, -0.05) is 135 Å². The van der Waals surface area contributed by atoms with Crippen molar-refractivity contribution >= 4 is 49.8 Å². The topological polar surface area (TPSA) is 16.4 Å². The first-order valence-corrected chi connectivity index (χ1v) is 17.7. The van der Waals surface area contributed by atoms with Crippen LogP contribution in [0.1, 0.15) is 25.0 Å². The Morgan fingerprint density at radius 2 is 0.980 bits per heavy atom. The van der Waals surface area contributed by atoms with Gasteiger partial charge in [0.05, 0.1) is 5.69 Å². The molecule has 0 saturated heterocycles. The largest absolute Gasteiger partial charge is 0.456 e. The fraction of sp³-hybridized carbons (Fsp3) is 0.0612. The number of para-hydroxylation sites is 1. The van der Waals surface area contributed by atoms with E-state index < -0.39 is 0 Å². The zero-order chi connectivity index (χ0) is 34.1. The second-order valence-electron chi connectivity index (χ2n) is 14.2. The molecule has 2 heteroatoms. The van der Waals surface area contributed by atoms with Crippen molar-refractivity contribution in [3.63, 3.8) is 0 Å². The minimum Gasteiger partial charge on any atom is -0.456 e. The molecule has 1 aromatic heterocycles. The number of anilines is 3. The van der Waals surface area contributed by atoms with E-state index in [1.807, 2.05) is 12.1 Å². The summed E-state index contributed by atoms with van der Waals surface area (Å²) in [6.07, 6.45) is 0. The van der Waals surface area contributed by atoms with Gasteiger partial charge in [-0.3, -0.25) is 0 Å². The lowest BCUT2D eigenvalue weighted by molar-refractivity contribution is 0.660. The normalized spacial score (nSPS) is 13.1. The second-order valence-corrected chi connectivity index (χ2v) is 14.2. The predicted molar refractivity (Wildman–Crippen MR) is 214 cm³/mol. The zero-order valence-corrected chi connectivity index (χ0v) is 28.6. The Morgan fingerprint density at radius 1 is 0.412 bits per heavy atom. The lowest BCUT2D eigenvalue weighted by Crippen LogP contribution is -2.14. The SMILES string of the molecule is CC1(C)c2ccccc2-c2cc(-c3ccc(N(c4ccc(-c5ccc6oc7ccccc7c6c5)cc4)c4cccc5ccccc45)cc3)ccc21. The molecule has 0 atom stereocenters. The Hall–Kier alpha value is -6.38. The van der Waals surface area contributed by atoms with Gasteiger partial charge in [-0.25, -0.2) is 0 Å². The first-order chi connectivity index (χ1) is 25.0. The number of hydrogen-bond donors (Lipinski definition) is 0. The van der Waals surface area contributed by atoms with Crippen molar-refractivity contribution in [1.82, 2.24) is 0 Å². The van der Waals surface area contributed by atoms with Crippen LogP contribution in [0.15, 0.2) is 180 Å². The van der Waals surface area contributed by atoms with Crippen LogP contribution in [-0.4, -0.2) is 0 Å². The lowest BCUT2D eigenvalue weighted by Gasteiger charge is -2.27. The van der Waals surface area contributed by atoms with Crippen LogP contribution in [-0.2, 0) is 5.41 Å². The first kappa shape index (κ1) is 29.5. The maximum absolute atomic E-state index is 6.10. The van der Waals surface area contributed by atoms with Crippen LogP contribution in [0.2, 0.25) is 0 Å². The Balaban J connectivity index is 1.05. The molecule has 0 bridgehead atoms. The molecule has 0 saturated carbocycles. The smallest absolute Gasteiger partial charge is 0.135 e. The Bertz CT molecular complexity index is 2760. The zero-order valence-electron chi connectivity index (χ0n) is 28.6. The minimum atomic E-state index is 0.00318. The maximum Gasteiger partial charge on any atom is 0.135 e. The number of hydrogen-bond acceptors (Lipinski definition) is 2. The molecule has 0 aliphatic heterocycles. The third-order valence-electron chi connectivity index (χ3n) is 10.9. The number of benzene rings is 8. The van der Waals surface area contributed by atoms with E-state index in [0.29, 0.717) is 0 Å². The number of rotatable bonds is 5. The van der Waals surface area contributed by atoms with Crippen molar-refractivity contribution in [2.24, 2.45) is 0 Å². The molecule has 9 aromatic rings. The van der Waals surface area contributed by atoms with Crippen molar-refractivity contribution < 1.29 is 4.42 Å². The van der Waals surface area contributed by atoms with Crippen molar-refractivity contribution in [3.05, 3.63) is 187 Å². The number of fused-ring (bicyclic) bond motifs is 7. The molecule has 51 heavy (non-hydrogen) atoms. The van der Waals surface area contributed by atoms with Crippen LogP contribution in [0, 0.1) is 0 Å². The van der Waals surface area contributed by atoms with E-state index in [-0.39, 0.29) is 5.41 Å². The molecular formula is C49H35NO. The number of furan rings is 1. The Labute approximate surface area is 297 Å². The summed E-state index contributed by atoms with van der Waals surface area (Å²) < 4.78 is 6.10. The van der Waals surface area contributed by atoms with E-state index in [9.17, 15) is 0 Å². The van der Waals surface area contributed by atoms with E-state index in [1.54, 1.807) is 0 Å². The summed E-state index contributed by atoms with van der Waals surface area (Å²) in [6, 6.07) is 63.8. The second kappa shape index (κ2) is 11.3. The van der Waals surface area contributed by atoms with Crippen LogP contribution >= 0.6 is 0 Å². The van der Waals surface area contributed by atoms with Crippen LogP contribution in [0.5, 0.6) is 0 Å². The minimum absolute atomic E-state index is 0.00318. The molecule has 0 N–H and O–H groups in total. The fourth-order valence-electron chi connectivity index (χ4n) is 8.24. The molecule has 2 nitrogen and oxygen atoms in total. The molecule has 0 fully saturated rings. The summed E-state index contributed by atoms with van der Waals surface area (Å²) in [5.41, 5.74) is 15.5. The van der Waals surface area contributed by atoms with E-state index in [1.165, 1.54) is 55.3 Å². The van der Waals surface area contributed by atoms with Gasteiger partial charge in [-0.05, 0) is 104 Å². The van der Waals surface area contributed by atoms with Gasteiger partial charge in [0, 0.05) is 32.9 Å². The maximum atomic E-state index is 6.10. The van der Waals surface area contributed by atoms with Gasteiger partial charge < -0.3 is 9.32 Å². The molecule has 0 amide bonds. The molecule has 8 aromatic carbocycles. The van der Waals surface area contributed by atoms with Gasteiger partial charge in [0.25, 0.3) is 0 Å². The number of nitrogens with zero attached hydrogens (tertiary/aromatic N) is 1. The highest BCUT2D eigenvalue weighted by Gasteiger charge is 2.35. The summed E-state index contributed by atoms with van der Waals surface area (Å²) >= 11 is 0. The van der Waals surface area contributed by atoms with E-state index in [0.717, 1.165) is 39.0 Å². The van der Waals surface area contributed by atoms with E-state index in [2.05, 4.69) is 183 Å². The van der Waals surface area contributed by atoms with Gasteiger partial charge in [0.1, 0.15) is 11.2 Å². The van der Waals surface area contributed by atoms with Crippen LogP contribution in [0.3, 0.4) is 0 Å². The molecule has 0 spiro atoms. The molecule has 1 aliphatic rings. The monoisotopic (exact) mass is 653 g/mol. The molecule has 1 heterocycles. The van der Waals surface area contributed by atoms with Gasteiger partial charge >= 0.3 is 0 Å². The summed E-state index contributed by atoms with van der Waals surface area (Å²) in [6.45, 7) is 4.67. The average molecular weight is 654 g/mol. The third kappa shape index (κ3) is 4.71. The van der Waals surface area contributed by atoms with E-state index in [4.69, 9.17) is 4.42 Å². The standard InChI is InChI=1S/C49H35NO/c1-49(2)44-15-7-5-13-40(44)42-30-35(22-28-45(42)49)32-18-24-37(25-19-32)50(46-16-9-11-34-10-3-4-12-39(34)46)38-26-20-33(21-27-38)36-23-29-48-43(31-36)41-14-6-8-17-47(41)51-48/h3-31H,1-2H3. The molecule has 242 valence electrons. The van der Waals surface area contributed by atoms with Crippen LogP contribution < -0.4 is 4.90 Å². The molecule has 0 radical (unpaired) electrons. The summed E-state index contributed by atoms with van der Waals surface area (Å²) in [7, 11) is 0. The van der Waals surface area contributed by atoms with Gasteiger partial charge in [-0.2, -0.15) is 0 Å². The van der Waals surface area contributed by atoms with E-state index >= 15 is 0 Å². The summed E-state index contributed by atoms with van der Waals surface area (Å²) in [4.78, 5) is 2.38. The van der Waals surface area contributed by atoms with Crippen LogP contribution in [0.4, 0.5) is 17.1 Å². The van der Waals surface area contributed by atoms with Gasteiger partial charge in [-0.15, -0.1) is 0 Å². The molecule has 1 aliphatic carbocycles. The van der Waals surface area contributed by atoms with Crippen molar-refractivity contribution in [1.29, 1.82) is 0 Å². The van der Waals surface area contributed by atoms with Gasteiger partial charge in [0.15, 0.2) is 0 Å². The summed E-state index contributed by atoms with van der Waals surface area (Å²) in [5.74, 6) is 0. The molecule has 10 rings (SSSR count). The predicted octanol–water partition coefficient (Wildman–Crippen LogP) is 13.8. The fourth-order valence-corrected chi connectivity index (χ4v) is 8.24. The molecular weight excluding hydrogens is 619 g/mol. The van der Waals surface area contributed by atoms with Crippen LogP contribution in [0.25, 0.3) is 66.1 Å². The highest BCUT2D eigenvalue weighted by Crippen LogP contribution is 2.49. The highest BCUT2D eigenvalue weighted by atomic mass is 16.3. The first-order valence-electron chi connectivity index (χ1n) is 17.7. The Kier molecular flexibility index (Phi) is 6.56. The van der Waals surface area contributed by atoms with Gasteiger partial charge in [0.2, 0.25) is 0 Å². The Morgan fingerprint density at radius 3 is 1.76 bits per heavy atom. The van der Waals surface area contributed by atoms with Crippen molar-refractivity contribution in [2.45, 2.75) is 19.3 Å². The van der Waals surface area contributed by atoms with Crippen molar-refractivity contribution in [2.75, 3.05) is 4.90 Å². The molecule has 0 unspecified atom stereocenters. The highest BCUT2D eigenvalue weighted by molar-refractivity contribution is 6.06. The van der Waals surface area contributed by atoms with Crippen molar-refractivity contribution in [3.8, 4) is 33.4 Å².